The summed E-state index contributed by atoms with van der Waals surface area (Å²) in [5.41, 5.74) is 4.53. The SMILES string of the molecule is N#CCc1ccc(C2=CC3CCCC(C2)N3C(=O)OCc2ccccc2)cc1. The minimum atomic E-state index is -0.210. The third-order valence-electron chi connectivity index (χ3n) is 5.66. The van der Waals surface area contributed by atoms with Crippen LogP contribution in [0, 0.1) is 11.3 Å². The molecule has 2 bridgehead atoms. The molecule has 0 aromatic heterocycles. The van der Waals surface area contributed by atoms with Crippen molar-refractivity contribution in [3.8, 4) is 6.07 Å². The summed E-state index contributed by atoms with van der Waals surface area (Å²) in [6.07, 6.45) is 6.45. The van der Waals surface area contributed by atoms with E-state index in [1.807, 2.05) is 47.4 Å². The standard InChI is InChI=1S/C24H24N2O2/c25-14-13-18-9-11-20(12-10-18)21-15-22-7-4-8-23(16-21)26(22)24(27)28-17-19-5-2-1-3-6-19/h1-3,5-6,9-12,15,22-23H,4,7-8,13,16-17H2. The average molecular weight is 372 g/mol. The number of amides is 1. The molecule has 142 valence electrons. The second kappa shape index (κ2) is 8.31. The number of piperidine rings is 1. The fraction of sp³-hybridized carbons (Fsp3) is 0.333. The average Bonchev–Trinajstić information content (AvgIpc) is 2.72. The van der Waals surface area contributed by atoms with Crippen LogP contribution in [0.3, 0.4) is 0 Å². The largest absolute Gasteiger partial charge is 0.445 e. The maximum atomic E-state index is 12.8. The second-order valence-electron chi connectivity index (χ2n) is 7.53. The predicted molar refractivity (Wildman–Crippen MR) is 108 cm³/mol. The Labute approximate surface area is 166 Å². The fourth-order valence-electron chi connectivity index (χ4n) is 4.25. The van der Waals surface area contributed by atoms with Gasteiger partial charge in [0.1, 0.15) is 6.61 Å². The van der Waals surface area contributed by atoms with E-state index in [0.717, 1.165) is 36.8 Å². The van der Waals surface area contributed by atoms with E-state index in [-0.39, 0.29) is 18.2 Å². The lowest BCUT2D eigenvalue weighted by molar-refractivity contribution is 0.0510. The highest BCUT2D eigenvalue weighted by molar-refractivity contribution is 5.74. The predicted octanol–water partition coefficient (Wildman–Crippen LogP) is 5.10. The molecule has 2 heterocycles. The van der Waals surface area contributed by atoms with Gasteiger partial charge < -0.3 is 4.74 Å². The van der Waals surface area contributed by atoms with Gasteiger partial charge in [0.15, 0.2) is 0 Å². The molecule has 0 aliphatic carbocycles. The summed E-state index contributed by atoms with van der Waals surface area (Å²) in [6, 6.07) is 20.5. The van der Waals surface area contributed by atoms with Crippen molar-refractivity contribution in [2.45, 2.75) is 50.8 Å². The van der Waals surface area contributed by atoms with E-state index in [2.05, 4.69) is 24.3 Å². The zero-order valence-corrected chi connectivity index (χ0v) is 15.9. The topological polar surface area (TPSA) is 53.3 Å². The third kappa shape index (κ3) is 3.94. The molecule has 4 heteroatoms. The normalized spacial score (nSPS) is 20.8. The van der Waals surface area contributed by atoms with E-state index in [9.17, 15) is 4.79 Å². The molecule has 1 amide bonds. The van der Waals surface area contributed by atoms with Crippen molar-refractivity contribution in [3.05, 3.63) is 77.4 Å². The van der Waals surface area contributed by atoms with Crippen LogP contribution >= 0.6 is 0 Å². The first kappa shape index (κ1) is 18.3. The summed E-state index contributed by atoms with van der Waals surface area (Å²) >= 11 is 0. The van der Waals surface area contributed by atoms with Gasteiger partial charge in [0, 0.05) is 6.04 Å². The lowest BCUT2D eigenvalue weighted by atomic mass is 9.83. The Morgan fingerprint density at radius 1 is 1.07 bits per heavy atom. The molecule has 1 fully saturated rings. The number of hydrogen-bond donors (Lipinski definition) is 0. The molecule has 0 spiro atoms. The van der Waals surface area contributed by atoms with E-state index in [4.69, 9.17) is 10.00 Å². The van der Waals surface area contributed by atoms with Crippen LogP contribution in [-0.4, -0.2) is 23.1 Å². The summed E-state index contributed by atoms with van der Waals surface area (Å²) in [7, 11) is 0. The Hall–Kier alpha value is -3.06. The molecular weight excluding hydrogens is 348 g/mol. The van der Waals surface area contributed by atoms with Crippen LogP contribution in [0.25, 0.3) is 5.57 Å². The van der Waals surface area contributed by atoms with Crippen LogP contribution in [0.4, 0.5) is 4.79 Å². The number of carbonyl (C=O) groups excluding carboxylic acids is 1. The maximum absolute atomic E-state index is 12.8. The van der Waals surface area contributed by atoms with Crippen molar-refractivity contribution in [1.29, 1.82) is 5.26 Å². The van der Waals surface area contributed by atoms with Gasteiger partial charge >= 0.3 is 6.09 Å². The van der Waals surface area contributed by atoms with Gasteiger partial charge in [-0.25, -0.2) is 4.79 Å². The Morgan fingerprint density at radius 3 is 2.57 bits per heavy atom. The number of nitrogens with zero attached hydrogens (tertiary/aromatic N) is 2. The smallest absolute Gasteiger partial charge is 0.410 e. The van der Waals surface area contributed by atoms with Crippen LogP contribution in [-0.2, 0) is 17.8 Å². The zero-order valence-electron chi connectivity index (χ0n) is 15.9. The second-order valence-corrected chi connectivity index (χ2v) is 7.53. The van der Waals surface area contributed by atoms with E-state index in [1.165, 1.54) is 11.1 Å². The molecule has 0 radical (unpaired) electrons. The number of hydrogen-bond acceptors (Lipinski definition) is 3. The number of rotatable bonds is 4. The number of nitriles is 1. The first-order valence-corrected chi connectivity index (χ1v) is 9.90. The van der Waals surface area contributed by atoms with E-state index in [1.54, 1.807) is 0 Å². The molecule has 0 N–H and O–H groups in total. The molecule has 2 aliphatic heterocycles. The van der Waals surface area contributed by atoms with Gasteiger partial charge in [-0.15, -0.1) is 0 Å². The Morgan fingerprint density at radius 2 is 1.86 bits per heavy atom. The van der Waals surface area contributed by atoms with Crippen molar-refractivity contribution < 1.29 is 9.53 Å². The van der Waals surface area contributed by atoms with Gasteiger partial charge in [-0.05, 0) is 47.9 Å². The van der Waals surface area contributed by atoms with E-state index >= 15 is 0 Å². The minimum absolute atomic E-state index is 0.101. The molecule has 0 saturated carbocycles. The maximum Gasteiger partial charge on any atom is 0.410 e. The van der Waals surface area contributed by atoms with Crippen molar-refractivity contribution in [1.82, 2.24) is 4.90 Å². The first-order valence-electron chi connectivity index (χ1n) is 9.90. The van der Waals surface area contributed by atoms with Gasteiger partial charge in [0.2, 0.25) is 0 Å². The lowest BCUT2D eigenvalue weighted by Gasteiger charge is -2.44. The number of fused-ring (bicyclic) bond motifs is 2. The molecule has 4 rings (SSSR count). The van der Waals surface area contributed by atoms with Crippen molar-refractivity contribution in [2.75, 3.05) is 0 Å². The van der Waals surface area contributed by atoms with Crippen molar-refractivity contribution >= 4 is 11.7 Å². The fourth-order valence-corrected chi connectivity index (χ4v) is 4.25. The highest BCUT2D eigenvalue weighted by Crippen LogP contribution is 2.37. The van der Waals surface area contributed by atoms with Gasteiger partial charge in [-0.3, -0.25) is 4.90 Å². The summed E-state index contributed by atoms with van der Waals surface area (Å²) in [5, 5.41) is 8.83. The zero-order chi connectivity index (χ0) is 19.3. The quantitative estimate of drug-likeness (QED) is 0.750. The molecule has 2 unspecified atom stereocenters. The number of ether oxygens (including phenoxy) is 1. The molecule has 2 atom stereocenters. The Kier molecular flexibility index (Phi) is 5.43. The van der Waals surface area contributed by atoms with Crippen molar-refractivity contribution in [2.24, 2.45) is 0 Å². The molecular formula is C24H24N2O2. The van der Waals surface area contributed by atoms with Gasteiger partial charge in [-0.2, -0.15) is 5.26 Å². The summed E-state index contributed by atoms with van der Waals surface area (Å²) < 4.78 is 5.61. The molecule has 1 saturated heterocycles. The molecule has 2 aliphatic rings. The first-order chi connectivity index (χ1) is 13.7. The molecule has 4 nitrogen and oxygen atoms in total. The summed E-state index contributed by atoms with van der Waals surface area (Å²) in [6.45, 7) is 0.312. The third-order valence-corrected chi connectivity index (χ3v) is 5.66. The van der Waals surface area contributed by atoms with Gasteiger partial charge in [-0.1, -0.05) is 60.7 Å². The van der Waals surface area contributed by atoms with Gasteiger partial charge in [0.05, 0.1) is 18.5 Å². The van der Waals surface area contributed by atoms with Crippen LogP contribution in [0.2, 0.25) is 0 Å². The Bertz CT molecular complexity index is 896. The highest BCUT2D eigenvalue weighted by Gasteiger charge is 2.38. The van der Waals surface area contributed by atoms with Crippen LogP contribution in [0.15, 0.2) is 60.7 Å². The highest BCUT2D eigenvalue weighted by atomic mass is 16.6. The van der Waals surface area contributed by atoms with Crippen LogP contribution in [0.1, 0.15) is 42.4 Å². The lowest BCUT2D eigenvalue weighted by Crippen LogP contribution is -2.51. The Balaban J connectivity index is 1.47. The number of carbonyl (C=O) groups is 1. The van der Waals surface area contributed by atoms with Gasteiger partial charge in [0.25, 0.3) is 0 Å². The van der Waals surface area contributed by atoms with Crippen LogP contribution in [0.5, 0.6) is 0 Å². The monoisotopic (exact) mass is 372 g/mol. The molecule has 2 aromatic rings. The van der Waals surface area contributed by atoms with Crippen LogP contribution < -0.4 is 0 Å². The minimum Gasteiger partial charge on any atom is -0.445 e. The molecule has 2 aromatic carbocycles. The number of benzene rings is 2. The van der Waals surface area contributed by atoms with E-state index < -0.39 is 0 Å². The van der Waals surface area contributed by atoms with Crippen molar-refractivity contribution in [3.63, 3.8) is 0 Å². The summed E-state index contributed by atoms with van der Waals surface area (Å²) in [4.78, 5) is 14.7. The van der Waals surface area contributed by atoms with E-state index in [0.29, 0.717) is 13.0 Å². The molecule has 28 heavy (non-hydrogen) atoms. The summed E-state index contributed by atoms with van der Waals surface area (Å²) in [5.74, 6) is 0.